The Bertz CT molecular complexity index is 929. The minimum atomic E-state index is -0.507. The predicted octanol–water partition coefficient (Wildman–Crippen LogP) is 4.08. The number of carbonyl (C=O) groups excluding carboxylic acids is 1. The Morgan fingerprint density at radius 2 is 2.15 bits per heavy atom. The summed E-state index contributed by atoms with van der Waals surface area (Å²) >= 11 is 1.73. The first-order chi connectivity index (χ1) is 16.0. The molecule has 1 aromatic carbocycles. The minimum absolute atomic E-state index is 0.0314. The molecule has 0 aliphatic carbocycles. The maximum atomic E-state index is 13.4. The van der Waals surface area contributed by atoms with Crippen molar-refractivity contribution in [2.24, 2.45) is 0 Å². The Kier molecular flexibility index (Phi) is 9.54. The number of fused-ring (bicyclic) bond motifs is 1. The summed E-state index contributed by atoms with van der Waals surface area (Å²) in [5.74, 6) is 1.47. The second kappa shape index (κ2) is 12.6. The van der Waals surface area contributed by atoms with E-state index < -0.39 is 6.10 Å². The molecular weight excluding hydrogens is 436 g/mol. The van der Waals surface area contributed by atoms with Gasteiger partial charge in [-0.1, -0.05) is 18.2 Å². The number of thiophene rings is 1. The SMILES string of the molecule is C=CCC[C@@H](O)CN(CC=C)CC(=O)N1CCc2sccc2[C@@H]1COc1cccc(OC)c1. The van der Waals surface area contributed by atoms with E-state index in [-0.39, 0.29) is 18.5 Å². The van der Waals surface area contributed by atoms with Crippen molar-refractivity contribution in [2.45, 2.75) is 31.4 Å². The molecular formula is C26H34N2O4S. The zero-order chi connectivity index (χ0) is 23.6. The lowest BCUT2D eigenvalue weighted by Gasteiger charge is -2.37. The smallest absolute Gasteiger partial charge is 0.237 e. The molecule has 7 heteroatoms. The van der Waals surface area contributed by atoms with E-state index in [2.05, 4.69) is 24.6 Å². The third-order valence-electron chi connectivity index (χ3n) is 5.78. The van der Waals surface area contributed by atoms with Crippen LogP contribution in [0.25, 0.3) is 0 Å². The van der Waals surface area contributed by atoms with Crippen LogP contribution in [0.5, 0.6) is 11.5 Å². The molecule has 0 saturated carbocycles. The van der Waals surface area contributed by atoms with E-state index in [0.29, 0.717) is 38.4 Å². The number of carbonyl (C=O) groups is 1. The van der Waals surface area contributed by atoms with Crippen LogP contribution in [0, 0.1) is 0 Å². The number of allylic oxidation sites excluding steroid dienone is 1. The average Bonchev–Trinajstić information content (AvgIpc) is 3.30. The number of hydrogen-bond acceptors (Lipinski definition) is 6. The molecule has 2 atom stereocenters. The highest BCUT2D eigenvalue weighted by atomic mass is 32.1. The summed E-state index contributed by atoms with van der Waals surface area (Å²) < 4.78 is 11.4. The zero-order valence-corrected chi connectivity index (χ0v) is 20.1. The normalized spacial score (nSPS) is 16.2. The molecule has 0 spiro atoms. The van der Waals surface area contributed by atoms with Crippen molar-refractivity contribution in [1.82, 2.24) is 9.80 Å². The molecule has 2 aromatic rings. The Morgan fingerprint density at radius 1 is 1.33 bits per heavy atom. The molecule has 1 aliphatic rings. The van der Waals surface area contributed by atoms with Crippen LogP contribution in [0.1, 0.15) is 29.3 Å². The van der Waals surface area contributed by atoms with Crippen molar-refractivity contribution < 1.29 is 19.4 Å². The third kappa shape index (κ3) is 6.93. The molecule has 1 aliphatic heterocycles. The fourth-order valence-corrected chi connectivity index (χ4v) is 5.04. The van der Waals surface area contributed by atoms with Crippen LogP contribution < -0.4 is 9.47 Å². The molecule has 1 aromatic heterocycles. The highest BCUT2D eigenvalue weighted by Gasteiger charge is 2.33. The van der Waals surface area contributed by atoms with Gasteiger partial charge in [0.05, 0.1) is 25.8 Å². The molecule has 0 radical (unpaired) electrons. The summed E-state index contributed by atoms with van der Waals surface area (Å²) in [4.78, 5) is 18.6. The quantitative estimate of drug-likeness (QED) is 0.447. The second-order valence-corrected chi connectivity index (χ2v) is 9.15. The molecule has 0 saturated heterocycles. The summed E-state index contributed by atoms with van der Waals surface area (Å²) in [7, 11) is 1.63. The van der Waals surface area contributed by atoms with E-state index in [1.165, 1.54) is 4.88 Å². The van der Waals surface area contributed by atoms with E-state index in [9.17, 15) is 9.90 Å². The Hall–Kier alpha value is -2.61. The number of aliphatic hydroxyl groups is 1. The average molecular weight is 471 g/mol. The van der Waals surface area contributed by atoms with Crippen LogP contribution in [0.4, 0.5) is 0 Å². The molecule has 2 heterocycles. The van der Waals surface area contributed by atoms with E-state index in [0.717, 1.165) is 24.2 Å². The fraction of sp³-hybridized carbons (Fsp3) is 0.423. The molecule has 0 fully saturated rings. The van der Waals surface area contributed by atoms with Crippen LogP contribution in [0.2, 0.25) is 0 Å². The lowest BCUT2D eigenvalue weighted by Crippen LogP contribution is -2.47. The van der Waals surface area contributed by atoms with Gasteiger partial charge in [-0.2, -0.15) is 0 Å². The van der Waals surface area contributed by atoms with E-state index >= 15 is 0 Å². The van der Waals surface area contributed by atoms with Gasteiger partial charge in [0.15, 0.2) is 0 Å². The monoisotopic (exact) mass is 470 g/mol. The first-order valence-electron chi connectivity index (χ1n) is 11.3. The molecule has 1 N–H and O–H groups in total. The van der Waals surface area contributed by atoms with Crippen LogP contribution in [-0.2, 0) is 11.2 Å². The highest BCUT2D eigenvalue weighted by Crippen LogP contribution is 2.34. The Labute approximate surface area is 200 Å². The van der Waals surface area contributed by atoms with Crippen LogP contribution in [0.3, 0.4) is 0 Å². The van der Waals surface area contributed by atoms with Crippen LogP contribution in [-0.4, -0.2) is 66.8 Å². The van der Waals surface area contributed by atoms with Gasteiger partial charge in [0.25, 0.3) is 0 Å². The number of rotatable bonds is 13. The van der Waals surface area contributed by atoms with Gasteiger partial charge >= 0.3 is 0 Å². The van der Waals surface area contributed by atoms with Gasteiger partial charge in [-0.05, 0) is 48.4 Å². The number of ether oxygens (including phenoxy) is 2. The second-order valence-electron chi connectivity index (χ2n) is 8.14. The largest absolute Gasteiger partial charge is 0.497 e. The molecule has 0 bridgehead atoms. The lowest BCUT2D eigenvalue weighted by molar-refractivity contribution is -0.136. The topological polar surface area (TPSA) is 62.2 Å². The number of benzene rings is 1. The molecule has 6 nitrogen and oxygen atoms in total. The summed E-state index contributed by atoms with van der Waals surface area (Å²) in [5, 5.41) is 12.4. The van der Waals surface area contributed by atoms with Crippen molar-refractivity contribution in [3.05, 3.63) is 71.5 Å². The summed E-state index contributed by atoms with van der Waals surface area (Å²) in [6.07, 6.45) is 5.28. The van der Waals surface area contributed by atoms with E-state index in [1.807, 2.05) is 34.1 Å². The molecule has 0 unspecified atom stereocenters. The van der Waals surface area contributed by atoms with Crippen LogP contribution >= 0.6 is 11.3 Å². The molecule has 178 valence electrons. The maximum absolute atomic E-state index is 13.4. The van der Waals surface area contributed by atoms with E-state index in [4.69, 9.17) is 9.47 Å². The minimum Gasteiger partial charge on any atom is -0.497 e. The highest BCUT2D eigenvalue weighted by molar-refractivity contribution is 7.10. The van der Waals surface area contributed by atoms with Gasteiger partial charge in [-0.3, -0.25) is 9.69 Å². The first kappa shape index (κ1) is 25.0. The standard InChI is InChI=1S/C26H34N2O4S/c1-4-6-8-20(29)17-27(13-5-2)18-26(30)28-14-11-25-23(12-15-33-25)24(28)19-32-22-10-7-9-21(16-22)31-3/h4-5,7,9-10,12,15-16,20,24,29H,1-2,6,8,11,13-14,17-19H2,3H3/t20-,24+/m1/s1. The van der Waals surface area contributed by atoms with Gasteiger partial charge in [0.1, 0.15) is 18.1 Å². The Morgan fingerprint density at radius 3 is 2.91 bits per heavy atom. The van der Waals surface area contributed by atoms with Crippen molar-refractivity contribution >= 4 is 17.2 Å². The molecule has 33 heavy (non-hydrogen) atoms. The van der Waals surface area contributed by atoms with Crippen LogP contribution in [0.15, 0.2) is 61.0 Å². The van der Waals surface area contributed by atoms with Crippen molar-refractivity contribution in [1.29, 1.82) is 0 Å². The zero-order valence-electron chi connectivity index (χ0n) is 19.3. The number of amides is 1. The summed E-state index contributed by atoms with van der Waals surface area (Å²) in [6, 6.07) is 9.44. The first-order valence-corrected chi connectivity index (χ1v) is 12.2. The van der Waals surface area contributed by atoms with Gasteiger partial charge in [-0.25, -0.2) is 0 Å². The number of aliphatic hydroxyl groups excluding tert-OH is 1. The molecule has 3 rings (SSSR count). The number of nitrogens with zero attached hydrogens (tertiary/aromatic N) is 2. The van der Waals surface area contributed by atoms with Crippen molar-refractivity contribution in [2.75, 3.05) is 39.9 Å². The summed E-state index contributed by atoms with van der Waals surface area (Å²) in [5.41, 5.74) is 1.16. The van der Waals surface area contributed by atoms with Gasteiger partial charge in [0.2, 0.25) is 5.91 Å². The fourth-order valence-electron chi connectivity index (χ4n) is 4.11. The lowest BCUT2D eigenvalue weighted by atomic mass is 10.0. The van der Waals surface area contributed by atoms with Crippen molar-refractivity contribution in [3.8, 4) is 11.5 Å². The molecule has 1 amide bonds. The van der Waals surface area contributed by atoms with Gasteiger partial charge < -0.3 is 19.5 Å². The Balaban J connectivity index is 1.70. The summed E-state index contributed by atoms with van der Waals surface area (Å²) in [6.45, 7) is 9.73. The predicted molar refractivity (Wildman–Crippen MR) is 133 cm³/mol. The maximum Gasteiger partial charge on any atom is 0.237 e. The number of hydrogen-bond donors (Lipinski definition) is 1. The van der Waals surface area contributed by atoms with Gasteiger partial charge in [0, 0.05) is 30.6 Å². The number of methoxy groups -OCH3 is 1. The third-order valence-corrected chi connectivity index (χ3v) is 6.78. The van der Waals surface area contributed by atoms with E-state index in [1.54, 1.807) is 30.6 Å². The van der Waals surface area contributed by atoms with Crippen molar-refractivity contribution in [3.63, 3.8) is 0 Å². The van der Waals surface area contributed by atoms with Gasteiger partial charge in [-0.15, -0.1) is 24.5 Å².